The van der Waals surface area contributed by atoms with Crippen molar-refractivity contribution in [3.05, 3.63) is 70.2 Å². The van der Waals surface area contributed by atoms with Gasteiger partial charge in [-0.15, -0.1) is 0 Å². The molecule has 0 unspecified atom stereocenters. The van der Waals surface area contributed by atoms with Crippen LogP contribution in [-0.2, 0) is 17.6 Å². The van der Waals surface area contributed by atoms with Gasteiger partial charge in [0, 0.05) is 17.0 Å². The lowest BCUT2D eigenvalue weighted by molar-refractivity contribution is -0.121. The molecule has 0 bridgehead atoms. The molecule has 23 heavy (non-hydrogen) atoms. The molecule has 2 rings (SSSR count). The van der Waals surface area contributed by atoms with Crippen molar-refractivity contribution < 1.29 is 9.59 Å². The van der Waals surface area contributed by atoms with Gasteiger partial charge in [0.15, 0.2) is 0 Å². The number of rotatable bonds is 5. The molecule has 5 heteroatoms. The minimum absolute atomic E-state index is 0.247. The lowest BCUT2D eigenvalue weighted by atomic mass is 10.1. The van der Waals surface area contributed by atoms with Crippen LogP contribution >= 0.6 is 11.6 Å². The number of benzene rings is 2. The molecule has 0 aliphatic carbocycles. The second-order valence-corrected chi connectivity index (χ2v) is 5.62. The third-order valence-electron chi connectivity index (χ3n) is 3.47. The molecule has 0 fully saturated rings. The topological polar surface area (TPSA) is 58.2 Å². The lowest BCUT2D eigenvalue weighted by Gasteiger charge is -2.08. The van der Waals surface area contributed by atoms with Crippen molar-refractivity contribution in [2.45, 2.75) is 26.2 Å². The number of hydrazine groups is 1. The standard InChI is InChI=1S/C18H19ClN2O2/c1-2-13-6-9-15(10-7-13)18(23)21-20-17(22)11-8-14-4-3-5-16(19)12-14/h3-7,9-10,12H,2,8,11H2,1H3,(H,20,22)(H,21,23). The minimum Gasteiger partial charge on any atom is -0.273 e. The monoisotopic (exact) mass is 330 g/mol. The smallest absolute Gasteiger partial charge is 0.269 e. The fourth-order valence-electron chi connectivity index (χ4n) is 2.10. The fourth-order valence-corrected chi connectivity index (χ4v) is 2.32. The summed E-state index contributed by atoms with van der Waals surface area (Å²) in [6, 6.07) is 14.6. The van der Waals surface area contributed by atoms with Gasteiger partial charge in [0.05, 0.1) is 0 Å². The summed E-state index contributed by atoms with van der Waals surface area (Å²) >= 11 is 5.89. The van der Waals surface area contributed by atoms with Crippen LogP contribution in [0, 0.1) is 0 Å². The van der Waals surface area contributed by atoms with E-state index in [2.05, 4.69) is 17.8 Å². The summed E-state index contributed by atoms with van der Waals surface area (Å²) in [6.45, 7) is 2.05. The molecule has 0 saturated carbocycles. The maximum Gasteiger partial charge on any atom is 0.269 e. The van der Waals surface area contributed by atoms with Crippen LogP contribution in [0.1, 0.15) is 34.8 Å². The Morgan fingerprint density at radius 2 is 1.74 bits per heavy atom. The minimum atomic E-state index is -0.330. The number of halogens is 1. The van der Waals surface area contributed by atoms with Crippen LogP contribution < -0.4 is 10.9 Å². The highest BCUT2D eigenvalue weighted by molar-refractivity contribution is 6.30. The molecule has 0 aliphatic rings. The Hall–Kier alpha value is -2.33. The Labute approximate surface area is 140 Å². The third-order valence-corrected chi connectivity index (χ3v) is 3.70. The Morgan fingerprint density at radius 3 is 2.39 bits per heavy atom. The van der Waals surface area contributed by atoms with E-state index in [9.17, 15) is 9.59 Å². The van der Waals surface area contributed by atoms with E-state index >= 15 is 0 Å². The van der Waals surface area contributed by atoms with E-state index in [4.69, 9.17) is 11.6 Å². The molecule has 0 atom stereocenters. The van der Waals surface area contributed by atoms with Gasteiger partial charge in [-0.05, 0) is 48.2 Å². The molecule has 0 spiro atoms. The Bertz CT molecular complexity index is 684. The van der Waals surface area contributed by atoms with Crippen LogP contribution in [0.3, 0.4) is 0 Å². The Kier molecular flexibility index (Phi) is 6.18. The number of carbonyl (C=O) groups is 2. The first-order valence-electron chi connectivity index (χ1n) is 7.51. The van der Waals surface area contributed by atoms with E-state index in [0.717, 1.165) is 17.5 Å². The molecule has 2 aromatic rings. The number of hydrogen-bond acceptors (Lipinski definition) is 2. The molecule has 0 aromatic heterocycles. The van der Waals surface area contributed by atoms with Gasteiger partial charge in [-0.1, -0.05) is 42.8 Å². The third kappa shape index (κ3) is 5.42. The summed E-state index contributed by atoms with van der Waals surface area (Å²) in [6.07, 6.45) is 1.75. The van der Waals surface area contributed by atoms with Crippen molar-refractivity contribution >= 4 is 23.4 Å². The molecule has 2 N–H and O–H groups in total. The zero-order valence-electron chi connectivity index (χ0n) is 12.9. The van der Waals surface area contributed by atoms with E-state index < -0.39 is 0 Å². The molecule has 2 amide bonds. The van der Waals surface area contributed by atoms with Crippen molar-refractivity contribution in [2.75, 3.05) is 0 Å². The van der Waals surface area contributed by atoms with Gasteiger partial charge in [0.2, 0.25) is 5.91 Å². The first-order chi connectivity index (χ1) is 11.1. The average Bonchev–Trinajstić information content (AvgIpc) is 2.58. The van der Waals surface area contributed by atoms with Crippen molar-refractivity contribution in [3.8, 4) is 0 Å². The van der Waals surface area contributed by atoms with E-state index in [0.29, 0.717) is 17.0 Å². The summed E-state index contributed by atoms with van der Waals surface area (Å²) < 4.78 is 0. The summed E-state index contributed by atoms with van der Waals surface area (Å²) in [7, 11) is 0. The van der Waals surface area contributed by atoms with Crippen molar-refractivity contribution in [2.24, 2.45) is 0 Å². The quantitative estimate of drug-likeness (QED) is 0.826. The SMILES string of the molecule is CCc1ccc(C(=O)NNC(=O)CCc2cccc(Cl)c2)cc1. The van der Waals surface area contributed by atoms with E-state index in [1.807, 2.05) is 30.3 Å². The highest BCUT2D eigenvalue weighted by atomic mass is 35.5. The van der Waals surface area contributed by atoms with Crippen LogP contribution in [0.15, 0.2) is 48.5 Å². The summed E-state index contributed by atoms with van der Waals surface area (Å²) in [5, 5.41) is 0.645. The summed E-state index contributed by atoms with van der Waals surface area (Å²) in [5.41, 5.74) is 7.49. The summed E-state index contributed by atoms with van der Waals surface area (Å²) in [4.78, 5) is 23.7. The molecule has 0 heterocycles. The molecule has 0 radical (unpaired) electrons. The zero-order valence-corrected chi connectivity index (χ0v) is 13.7. The molecule has 120 valence electrons. The second-order valence-electron chi connectivity index (χ2n) is 5.18. The summed E-state index contributed by atoms with van der Waals surface area (Å²) in [5.74, 6) is -0.577. The van der Waals surface area contributed by atoms with E-state index in [1.165, 1.54) is 0 Å². The van der Waals surface area contributed by atoms with E-state index in [-0.39, 0.29) is 18.2 Å². The first-order valence-corrected chi connectivity index (χ1v) is 7.89. The second kappa shape index (κ2) is 8.34. The zero-order chi connectivity index (χ0) is 16.7. The Balaban J connectivity index is 1.78. The van der Waals surface area contributed by atoms with E-state index in [1.54, 1.807) is 18.2 Å². The number of nitrogens with one attached hydrogen (secondary N) is 2. The van der Waals surface area contributed by atoms with Crippen LogP contribution in [0.25, 0.3) is 0 Å². The molecular formula is C18H19ClN2O2. The van der Waals surface area contributed by atoms with Gasteiger partial charge in [-0.25, -0.2) is 0 Å². The van der Waals surface area contributed by atoms with Gasteiger partial charge in [0.1, 0.15) is 0 Å². The fraction of sp³-hybridized carbons (Fsp3) is 0.222. The van der Waals surface area contributed by atoms with Crippen molar-refractivity contribution in [1.29, 1.82) is 0 Å². The maximum atomic E-state index is 11.9. The van der Waals surface area contributed by atoms with Crippen LogP contribution in [-0.4, -0.2) is 11.8 Å². The number of hydrogen-bond donors (Lipinski definition) is 2. The molecule has 0 saturated heterocycles. The lowest BCUT2D eigenvalue weighted by Crippen LogP contribution is -2.41. The van der Waals surface area contributed by atoms with Gasteiger partial charge in [-0.3, -0.25) is 20.4 Å². The first kappa shape index (κ1) is 17.0. The Morgan fingerprint density at radius 1 is 1.00 bits per heavy atom. The molecule has 2 aromatic carbocycles. The van der Waals surface area contributed by atoms with Crippen LogP contribution in [0.4, 0.5) is 0 Å². The van der Waals surface area contributed by atoms with Crippen LogP contribution in [0.2, 0.25) is 5.02 Å². The van der Waals surface area contributed by atoms with Crippen molar-refractivity contribution in [3.63, 3.8) is 0 Å². The van der Waals surface area contributed by atoms with Crippen molar-refractivity contribution in [1.82, 2.24) is 10.9 Å². The van der Waals surface area contributed by atoms with Gasteiger partial charge < -0.3 is 0 Å². The normalized spacial score (nSPS) is 10.2. The van der Waals surface area contributed by atoms with Gasteiger partial charge >= 0.3 is 0 Å². The molecular weight excluding hydrogens is 312 g/mol. The predicted octanol–water partition coefficient (Wildman–Crippen LogP) is 3.30. The van der Waals surface area contributed by atoms with Crippen LogP contribution in [0.5, 0.6) is 0 Å². The predicted molar refractivity (Wildman–Crippen MR) is 91.2 cm³/mol. The number of aryl methyl sites for hydroxylation is 2. The largest absolute Gasteiger partial charge is 0.273 e. The highest BCUT2D eigenvalue weighted by Gasteiger charge is 2.07. The average molecular weight is 331 g/mol. The van der Waals surface area contributed by atoms with Gasteiger partial charge in [0.25, 0.3) is 5.91 Å². The van der Waals surface area contributed by atoms with Gasteiger partial charge in [-0.2, -0.15) is 0 Å². The number of amides is 2. The highest BCUT2D eigenvalue weighted by Crippen LogP contribution is 2.12. The molecule has 0 aliphatic heterocycles. The number of carbonyl (C=O) groups excluding carboxylic acids is 2. The molecule has 4 nitrogen and oxygen atoms in total. The maximum absolute atomic E-state index is 11.9.